The third-order valence-electron chi connectivity index (χ3n) is 3.59. The third-order valence-corrected chi connectivity index (χ3v) is 4.21. The van der Waals surface area contributed by atoms with E-state index in [0.717, 1.165) is 22.8 Å². The number of hydrogen-bond donors (Lipinski definition) is 1. The normalized spacial score (nSPS) is 12.7. The molecule has 0 spiro atoms. The first-order chi connectivity index (χ1) is 11.3. The molecule has 0 fully saturated rings. The highest BCUT2D eigenvalue weighted by molar-refractivity contribution is 7.97. The third kappa shape index (κ3) is 3.99. The summed E-state index contributed by atoms with van der Waals surface area (Å²) in [5.74, 6) is 2.38. The predicted molar refractivity (Wildman–Crippen MR) is 92.3 cm³/mol. The van der Waals surface area contributed by atoms with Crippen LogP contribution in [0.3, 0.4) is 0 Å². The van der Waals surface area contributed by atoms with Crippen molar-refractivity contribution in [3.05, 3.63) is 59.2 Å². The topological polar surface area (TPSA) is 47.6 Å². The number of rotatable bonds is 5. The summed E-state index contributed by atoms with van der Waals surface area (Å²) >= 11 is 1.77. The van der Waals surface area contributed by atoms with Gasteiger partial charge in [-0.1, -0.05) is 18.2 Å². The van der Waals surface area contributed by atoms with Crippen molar-refractivity contribution in [3.8, 4) is 11.5 Å². The molecule has 1 aliphatic rings. The summed E-state index contributed by atoms with van der Waals surface area (Å²) in [6, 6.07) is 13.5. The maximum absolute atomic E-state index is 12.2. The molecule has 0 radical (unpaired) electrons. The first-order valence-corrected chi connectivity index (χ1v) is 8.90. The van der Waals surface area contributed by atoms with Gasteiger partial charge in [-0.2, -0.15) is 11.8 Å². The number of nitrogens with one attached hydrogen (secondary N) is 1. The molecule has 0 bridgehead atoms. The molecular formula is C18H19NO3S. The van der Waals surface area contributed by atoms with E-state index in [4.69, 9.17) is 9.47 Å². The lowest BCUT2D eigenvalue weighted by Gasteiger charge is -2.19. The van der Waals surface area contributed by atoms with Gasteiger partial charge in [-0.25, -0.2) is 0 Å². The van der Waals surface area contributed by atoms with Crippen molar-refractivity contribution in [1.82, 2.24) is 5.32 Å². The lowest BCUT2D eigenvalue weighted by Crippen LogP contribution is -2.23. The molecule has 3 rings (SSSR count). The summed E-state index contributed by atoms with van der Waals surface area (Å²) in [7, 11) is 0. The van der Waals surface area contributed by atoms with E-state index in [1.54, 1.807) is 11.8 Å². The number of ether oxygens (including phenoxy) is 2. The molecule has 2 aromatic carbocycles. The Morgan fingerprint density at radius 3 is 2.48 bits per heavy atom. The Morgan fingerprint density at radius 1 is 1.04 bits per heavy atom. The first kappa shape index (κ1) is 15.7. The van der Waals surface area contributed by atoms with E-state index in [-0.39, 0.29) is 5.91 Å². The first-order valence-electron chi connectivity index (χ1n) is 7.51. The van der Waals surface area contributed by atoms with Crippen molar-refractivity contribution >= 4 is 17.7 Å². The average Bonchev–Trinajstić information content (AvgIpc) is 2.60. The Morgan fingerprint density at radius 2 is 1.74 bits per heavy atom. The van der Waals surface area contributed by atoms with Gasteiger partial charge in [0.2, 0.25) is 0 Å². The Hall–Kier alpha value is -2.14. The number of carbonyl (C=O) groups is 1. The molecule has 1 N–H and O–H groups in total. The highest BCUT2D eigenvalue weighted by atomic mass is 32.2. The van der Waals surface area contributed by atoms with Crippen LogP contribution in [0, 0.1) is 0 Å². The molecule has 1 aliphatic heterocycles. The summed E-state index contributed by atoms with van der Waals surface area (Å²) in [5, 5.41) is 2.93. The molecule has 5 heteroatoms. The van der Waals surface area contributed by atoms with Crippen LogP contribution in [0.1, 0.15) is 21.5 Å². The van der Waals surface area contributed by atoms with Gasteiger partial charge in [-0.15, -0.1) is 0 Å². The minimum atomic E-state index is -0.0735. The van der Waals surface area contributed by atoms with Gasteiger partial charge in [-0.05, 0) is 41.6 Å². The van der Waals surface area contributed by atoms with Crippen LogP contribution in [-0.4, -0.2) is 25.4 Å². The highest BCUT2D eigenvalue weighted by Gasteiger charge is 2.12. The second kappa shape index (κ2) is 7.42. The van der Waals surface area contributed by atoms with Crippen LogP contribution in [0.15, 0.2) is 42.5 Å². The fraction of sp³-hybridized carbons (Fsp3) is 0.278. The van der Waals surface area contributed by atoms with E-state index in [1.165, 1.54) is 5.56 Å². The number of fused-ring (bicyclic) bond motifs is 1. The standard InChI is InChI=1S/C18H19NO3S/c1-23-12-13-2-5-15(6-3-13)18(20)19-11-14-4-7-16-17(10-14)22-9-8-21-16/h2-7,10H,8-9,11-12H2,1H3,(H,19,20). The van der Waals surface area contributed by atoms with Crippen LogP contribution in [0.5, 0.6) is 11.5 Å². The Bertz CT molecular complexity index is 685. The smallest absolute Gasteiger partial charge is 0.251 e. The van der Waals surface area contributed by atoms with Crippen molar-refractivity contribution < 1.29 is 14.3 Å². The molecule has 1 heterocycles. The fourth-order valence-electron chi connectivity index (χ4n) is 2.40. The average molecular weight is 329 g/mol. The predicted octanol–water partition coefficient (Wildman–Crippen LogP) is 3.25. The molecule has 0 saturated heterocycles. The minimum absolute atomic E-state index is 0.0735. The summed E-state index contributed by atoms with van der Waals surface area (Å²) in [6.07, 6.45) is 2.06. The lowest BCUT2D eigenvalue weighted by atomic mass is 10.1. The van der Waals surface area contributed by atoms with Gasteiger partial charge < -0.3 is 14.8 Å². The number of carbonyl (C=O) groups excluding carboxylic acids is 1. The molecule has 23 heavy (non-hydrogen) atoms. The van der Waals surface area contributed by atoms with Crippen LogP contribution in [0.25, 0.3) is 0 Å². The van der Waals surface area contributed by atoms with Crippen molar-refractivity contribution in [2.75, 3.05) is 19.5 Å². The summed E-state index contributed by atoms with van der Waals surface area (Å²) in [6.45, 7) is 1.60. The SMILES string of the molecule is CSCc1ccc(C(=O)NCc2ccc3c(c2)OCCO3)cc1. The molecule has 0 aliphatic carbocycles. The number of hydrogen-bond acceptors (Lipinski definition) is 4. The monoisotopic (exact) mass is 329 g/mol. The van der Waals surface area contributed by atoms with Crippen molar-refractivity contribution in [1.29, 1.82) is 0 Å². The van der Waals surface area contributed by atoms with Gasteiger partial charge >= 0.3 is 0 Å². The molecule has 4 nitrogen and oxygen atoms in total. The van der Waals surface area contributed by atoms with E-state index < -0.39 is 0 Å². The molecule has 0 saturated carbocycles. The number of thioether (sulfide) groups is 1. The maximum atomic E-state index is 12.2. The second-order valence-electron chi connectivity index (χ2n) is 5.29. The molecule has 120 valence electrons. The van der Waals surface area contributed by atoms with E-state index in [0.29, 0.717) is 25.3 Å². The van der Waals surface area contributed by atoms with E-state index in [2.05, 4.69) is 11.6 Å². The van der Waals surface area contributed by atoms with E-state index >= 15 is 0 Å². The second-order valence-corrected chi connectivity index (χ2v) is 6.16. The van der Waals surface area contributed by atoms with E-state index in [9.17, 15) is 4.79 Å². The van der Waals surface area contributed by atoms with E-state index in [1.807, 2.05) is 42.5 Å². The lowest BCUT2D eigenvalue weighted by molar-refractivity contribution is 0.0951. The molecule has 1 amide bonds. The molecular weight excluding hydrogens is 310 g/mol. The molecule has 2 aromatic rings. The van der Waals surface area contributed by atoms with Gasteiger partial charge in [0.05, 0.1) is 0 Å². The Labute approximate surface area is 140 Å². The van der Waals surface area contributed by atoms with Gasteiger partial charge in [0.15, 0.2) is 11.5 Å². The van der Waals surface area contributed by atoms with Crippen molar-refractivity contribution in [3.63, 3.8) is 0 Å². The Balaban J connectivity index is 1.60. The minimum Gasteiger partial charge on any atom is -0.486 e. The quantitative estimate of drug-likeness (QED) is 0.915. The summed E-state index contributed by atoms with van der Waals surface area (Å²) in [5.41, 5.74) is 2.88. The fourth-order valence-corrected chi connectivity index (χ4v) is 2.93. The number of amides is 1. The van der Waals surface area contributed by atoms with Crippen LogP contribution >= 0.6 is 11.8 Å². The zero-order valence-electron chi connectivity index (χ0n) is 13.0. The van der Waals surface area contributed by atoms with Gasteiger partial charge in [0, 0.05) is 17.9 Å². The van der Waals surface area contributed by atoms with Crippen LogP contribution in [-0.2, 0) is 12.3 Å². The van der Waals surface area contributed by atoms with Crippen molar-refractivity contribution in [2.24, 2.45) is 0 Å². The molecule has 0 aromatic heterocycles. The number of benzene rings is 2. The van der Waals surface area contributed by atoms with Crippen LogP contribution in [0.4, 0.5) is 0 Å². The Kier molecular flexibility index (Phi) is 5.08. The summed E-state index contributed by atoms with van der Waals surface area (Å²) in [4.78, 5) is 12.2. The highest BCUT2D eigenvalue weighted by Crippen LogP contribution is 2.30. The van der Waals surface area contributed by atoms with Crippen LogP contribution in [0.2, 0.25) is 0 Å². The van der Waals surface area contributed by atoms with Crippen molar-refractivity contribution in [2.45, 2.75) is 12.3 Å². The van der Waals surface area contributed by atoms with Gasteiger partial charge in [0.25, 0.3) is 5.91 Å². The molecule has 0 atom stereocenters. The largest absolute Gasteiger partial charge is 0.486 e. The van der Waals surface area contributed by atoms with Gasteiger partial charge in [-0.3, -0.25) is 4.79 Å². The summed E-state index contributed by atoms with van der Waals surface area (Å²) < 4.78 is 11.0. The van der Waals surface area contributed by atoms with Gasteiger partial charge in [0.1, 0.15) is 13.2 Å². The zero-order valence-corrected chi connectivity index (χ0v) is 13.8. The molecule has 0 unspecified atom stereocenters. The maximum Gasteiger partial charge on any atom is 0.251 e. The zero-order chi connectivity index (χ0) is 16.1. The van der Waals surface area contributed by atoms with Crippen LogP contribution < -0.4 is 14.8 Å².